The van der Waals surface area contributed by atoms with Gasteiger partial charge in [0.15, 0.2) is 10.8 Å². The molecule has 0 aliphatic heterocycles. The highest BCUT2D eigenvalue weighted by Gasteiger charge is 2.24. The number of thiazole rings is 1. The van der Waals surface area contributed by atoms with Gasteiger partial charge in [0.25, 0.3) is 5.91 Å². The topological polar surface area (TPSA) is 63.9 Å². The third-order valence-corrected chi connectivity index (χ3v) is 5.84. The maximum absolute atomic E-state index is 13.3. The molecule has 3 aromatic heterocycles. The van der Waals surface area contributed by atoms with Gasteiger partial charge in [0.2, 0.25) is 0 Å². The van der Waals surface area contributed by atoms with E-state index in [-0.39, 0.29) is 5.91 Å². The summed E-state index contributed by atoms with van der Waals surface area (Å²) >= 11 is 1.52. The largest absolute Gasteiger partial charge is 0.280 e. The van der Waals surface area contributed by atoms with Crippen LogP contribution in [0.25, 0.3) is 10.2 Å². The molecule has 0 aliphatic rings. The second-order valence-corrected chi connectivity index (χ2v) is 7.67. The summed E-state index contributed by atoms with van der Waals surface area (Å²) in [5.74, 6) is -0.163. The number of fused-ring (bicyclic) bond motifs is 1. The Bertz CT molecular complexity index is 1130. The van der Waals surface area contributed by atoms with Gasteiger partial charge in [-0.25, -0.2) is 4.98 Å². The van der Waals surface area contributed by atoms with Gasteiger partial charge in [0, 0.05) is 25.1 Å². The van der Waals surface area contributed by atoms with Crippen molar-refractivity contribution in [3.05, 3.63) is 71.3 Å². The fourth-order valence-corrected chi connectivity index (χ4v) is 4.04. The van der Waals surface area contributed by atoms with Crippen molar-refractivity contribution in [3.8, 4) is 0 Å². The van der Waals surface area contributed by atoms with E-state index < -0.39 is 0 Å². The van der Waals surface area contributed by atoms with E-state index in [0.717, 1.165) is 27.9 Å². The zero-order valence-corrected chi connectivity index (χ0v) is 16.9. The number of nitrogens with zero attached hydrogens (tertiary/aromatic N) is 5. The lowest BCUT2D eigenvalue weighted by molar-refractivity contribution is 0.0979. The molecule has 3 heterocycles. The third-order valence-electron chi connectivity index (χ3n) is 4.80. The number of hydrogen-bond donors (Lipinski definition) is 0. The van der Waals surface area contributed by atoms with Gasteiger partial charge < -0.3 is 0 Å². The van der Waals surface area contributed by atoms with Gasteiger partial charge in [-0.3, -0.25) is 19.4 Å². The van der Waals surface area contributed by atoms with Crippen LogP contribution in [0.3, 0.4) is 0 Å². The second-order valence-electron chi connectivity index (χ2n) is 6.66. The molecule has 0 unspecified atom stereocenters. The molecule has 0 N–H and O–H groups in total. The minimum atomic E-state index is -0.163. The Morgan fingerprint density at radius 1 is 1.21 bits per heavy atom. The van der Waals surface area contributed by atoms with E-state index in [1.807, 2.05) is 25.3 Å². The normalized spacial score (nSPS) is 11.1. The van der Waals surface area contributed by atoms with E-state index in [1.54, 1.807) is 28.0 Å². The van der Waals surface area contributed by atoms with E-state index in [4.69, 9.17) is 4.98 Å². The van der Waals surface area contributed by atoms with Crippen LogP contribution in [0.15, 0.2) is 48.9 Å². The Morgan fingerprint density at radius 2 is 2.07 bits per heavy atom. The summed E-state index contributed by atoms with van der Waals surface area (Å²) in [4.78, 5) is 24.0. The number of carbonyl (C=O) groups excluding carboxylic acids is 1. The lowest BCUT2D eigenvalue weighted by Gasteiger charge is -2.18. The molecule has 0 bridgehead atoms. The monoisotopic (exact) mass is 391 g/mol. The molecule has 6 nitrogen and oxygen atoms in total. The summed E-state index contributed by atoms with van der Waals surface area (Å²) in [6, 6.07) is 9.74. The van der Waals surface area contributed by atoms with Gasteiger partial charge in [-0.1, -0.05) is 23.5 Å². The van der Waals surface area contributed by atoms with Crippen molar-refractivity contribution < 1.29 is 4.79 Å². The van der Waals surface area contributed by atoms with Gasteiger partial charge >= 0.3 is 0 Å². The summed E-state index contributed by atoms with van der Waals surface area (Å²) in [5, 5.41) is 5.06. The van der Waals surface area contributed by atoms with Crippen molar-refractivity contribution in [1.29, 1.82) is 0 Å². The Kier molecular flexibility index (Phi) is 4.92. The summed E-state index contributed by atoms with van der Waals surface area (Å²) in [5.41, 5.74) is 4.64. The van der Waals surface area contributed by atoms with E-state index in [9.17, 15) is 4.79 Å². The fourth-order valence-electron chi connectivity index (χ4n) is 3.02. The molecule has 0 atom stereocenters. The molecule has 0 fully saturated rings. The van der Waals surface area contributed by atoms with Gasteiger partial charge in [-0.2, -0.15) is 5.10 Å². The van der Waals surface area contributed by atoms with Crippen LogP contribution in [-0.2, 0) is 13.1 Å². The van der Waals surface area contributed by atoms with Crippen molar-refractivity contribution in [2.45, 2.75) is 33.9 Å². The highest BCUT2D eigenvalue weighted by Crippen LogP contribution is 2.33. The number of benzene rings is 1. The maximum Gasteiger partial charge on any atom is 0.280 e. The first-order valence-corrected chi connectivity index (χ1v) is 9.99. The smallest absolute Gasteiger partial charge is 0.278 e. The molecular formula is C21H21N5OS. The van der Waals surface area contributed by atoms with Crippen molar-refractivity contribution in [2.75, 3.05) is 4.90 Å². The summed E-state index contributed by atoms with van der Waals surface area (Å²) in [7, 11) is 0. The van der Waals surface area contributed by atoms with Gasteiger partial charge in [0.1, 0.15) is 0 Å². The van der Waals surface area contributed by atoms with Crippen LogP contribution in [0, 0.1) is 13.8 Å². The molecule has 28 heavy (non-hydrogen) atoms. The zero-order chi connectivity index (χ0) is 19.7. The lowest BCUT2D eigenvalue weighted by atomic mass is 10.1. The maximum atomic E-state index is 13.3. The third kappa shape index (κ3) is 3.41. The SMILES string of the molecule is CCn1ccc(C(=O)N(Cc2cccnc2)c2nc3c(C)c(C)ccc3s2)n1. The van der Waals surface area contributed by atoms with Crippen molar-refractivity contribution >= 4 is 32.6 Å². The minimum absolute atomic E-state index is 0.163. The molecule has 142 valence electrons. The molecule has 4 aromatic rings. The zero-order valence-electron chi connectivity index (χ0n) is 16.1. The van der Waals surface area contributed by atoms with Gasteiger partial charge in [-0.15, -0.1) is 0 Å². The van der Waals surface area contributed by atoms with Crippen LogP contribution < -0.4 is 4.90 Å². The fraction of sp³-hybridized carbons (Fsp3) is 0.238. The first-order chi connectivity index (χ1) is 13.6. The van der Waals surface area contributed by atoms with Gasteiger partial charge in [0.05, 0.1) is 16.8 Å². The summed E-state index contributed by atoms with van der Waals surface area (Å²) in [6.45, 7) is 7.24. The molecule has 1 aromatic carbocycles. The number of aromatic nitrogens is 4. The van der Waals surface area contributed by atoms with E-state index in [0.29, 0.717) is 17.4 Å². The molecule has 0 saturated carbocycles. The summed E-state index contributed by atoms with van der Waals surface area (Å²) in [6.07, 6.45) is 5.32. The molecule has 0 saturated heterocycles. The lowest BCUT2D eigenvalue weighted by Crippen LogP contribution is -2.30. The van der Waals surface area contributed by atoms with Crippen LogP contribution in [0.2, 0.25) is 0 Å². The van der Waals surface area contributed by atoms with Crippen LogP contribution in [-0.4, -0.2) is 25.7 Å². The number of anilines is 1. The quantitative estimate of drug-likeness (QED) is 0.507. The number of amides is 1. The standard InChI is InChI=1S/C21H21N5OS/c1-4-25-11-9-17(24-25)20(27)26(13-16-6-5-10-22-12-16)21-23-19-15(3)14(2)7-8-18(19)28-21/h5-12H,4,13H2,1-3H3. The number of carbonyl (C=O) groups is 1. The molecule has 7 heteroatoms. The first-order valence-electron chi connectivity index (χ1n) is 9.17. The number of rotatable bonds is 5. The van der Waals surface area contributed by atoms with Crippen LogP contribution >= 0.6 is 11.3 Å². The minimum Gasteiger partial charge on any atom is -0.278 e. The van der Waals surface area contributed by atoms with Gasteiger partial charge in [-0.05, 0) is 55.7 Å². The second kappa shape index (κ2) is 7.52. The van der Waals surface area contributed by atoms with Crippen molar-refractivity contribution in [3.63, 3.8) is 0 Å². The van der Waals surface area contributed by atoms with E-state index >= 15 is 0 Å². The first kappa shape index (κ1) is 18.3. The Hall–Kier alpha value is -3.06. The predicted octanol–water partition coefficient (Wildman–Crippen LogP) is 4.37. The predicted molar refractivity (Wildman–Crippen MR) is 112 cm³/mol. The Morgan fingerprint density at radius 3 is 2.79 bits per heavy atom. The van der Waals surface area contributed by atoms with Crippen molar-refractivity contribution in [2.24, 2.45) is 0 Å². The Labute approximate surface area is 167 Å². The molecule has 0 aliphatic carbocycles. The molecule has 0 radical (unpaired) electrons. The highest BCUT2D eigenvalue weighted by atomic mass is 32.1. The molecule has 4 rings (SSSR count). The highest BCUT2D eigenvalue weighted by molar-refractivity contribution is 7.22. The van der Waals surface area contributed by atoms with E-state index in [2.05, 4.69) is 36.1 Å². The average molecular weight is 392 g/mol. The van der Waals surface area contributed by atoms with Crippen LogP contribution in [0.5, 0.6) is 0 Å². The number of aryl methyl sites for hydroxylation is 3. The van der Waals surface area contributed by atoms with Crippen LogP contribution in [0.4, 0.5) is 5.13 Å². The Balaban J connectivity index is 1.78. The molecule has 0 spiro atoms. The molecular weight excluding hydrogens is 370 g/mol. The van der Waals surface area contributed by atoms with Crippen molar-refractivity contribution in [1.82, 2.24) is 19.7 Å². The average Bonchev–Trinajstić information content (AvgIpc) is 3.36. The number of pyridine rings is 1. The van der Waals surface area contributed by atoms with E-state index in [1.165, 1.54) is 16.9 Å². The van der Waals surface area contributed by atoms with Crippen LogP contribution in [0.1, 0.15) is 34.1 Å². The number of hydrogen-bond acceptors (Lipinski definition) is 5. The summed E-state index contributed by atoms with van der Waals surface area (Å²) < 4.78 is 2.82. The molecule has 1 amide bonds.